The lowest BCUT2D eigenvalue weighted by atomic mass is 9.91. The zero-order valence-electron chi connectivity index (χ0n) is 22.8. The van der Waals surface area contributed by atoms with Crippen LogP contribution in [0.3, 0.4) is 0 Å². The molecule has 0 saturated carbocycles. The number of benzene rings is 4. The summed E-state index contributed by atoms with van der Waals surface area (Å²) in [5, 5.41) is 0. The lowest BCUT2D eigenvalue weighted by molar-refractivity contribution is -0.120. The quantitative estimate of drug-likeness (QED) is 0.212. The lowest BCUT2D eigenvalue weighted by Gasteiger charge is -2.18. The van der Waals surface area contributed by atoms with Crippen LogP contribution >= 0.6 is 11.7 Å². The van der Waals surface area contributed by atoms with E-state index in [1.54, 1.807) is 72.8 Å². The van der Waals surface area contributed by atoms with Gasteiger partial charge in [-0.25, -0.2) is 21.6 Å². The molecular weight excluding hydrogens is 593 g/mol. The second-order valence-electron chi connectivity index (χ2n) is 10.1. The molecule has 9 nitrogen and oxygen atoms in total. The van der Waals surface area contributed by atoms with E-state index >= 15 is 0 Å². The number of hydrogen-bond acceptors (Lipinski definition) is 8. The molecule has 1 atom stereocenters. The van der Waals surface area contributed by atoms with Crippen molar-refractivity contribution in [3.05, 3.63) is 114 Å². The monoisotopic (exact) mass is 620 g/mol. The first-order chi connectivity index (χ1) is 20.0. The second-order valence-corrected chi connectivity index (χ2v) is 14.0. The number of carbonyl (C=O) groups excluding carboxylic acids is 1. The van der Waals surface area contributed by atoms with Crippen molar-refractivity contribution in [2.75, 3.05) is 4.72 Å². The molecule has 0 saturated heterocycles. The van der Waals surface area contributed by atoms with Gasteiger partial charge in [0, 0.05) is 5.69 Å². The summed E-state index contributed by atoms with van der Waals surface area (Å²) in [5.41, 5.74) is 3.72. The number of anilines is 1. The Balaban J connectivity index is 1.44. The second kappa shape index (κ2) is 12.0. The van der Waals surface area contributed by atoms with Gasteiger partial charge in [0.15, 0.2) is 0 Å². The first-order valence-electron chi connectivity index (χ1n) is 13.1. The van der Waals surface area contributed by atoms with E-state index in [4.69, 9.17) is 0 Å². The molecule has 0 aliphatic heterocycles. The molecule has 0 aliphatic rings. The molecule has 216 valence electrons. The molecule has 1 unspecified atom stereocenters. The molecule has 0 bridgehead atoms. The molecule has 1 heterocycles. The summed E-state index contributed by atoms with van der Waals surface area (Å²) in [7, 11) is -7.99. The molecular formula is C30H28N4O5S3. The van der Waals surface area contributed by atoms with Crippen molar-refractivity contribution in [2.24, 2.45) is 0 Å². The lowest BCUT2D eigenvalue weighted by Crippen LogP contribution is -2.35. The highest BCUT2D eigenvalue weighted by atomic mass is 32.2. The van der Waals surface area contributed by atoms with Crippen molar-refractivity contribution in [2.45, 2.75) is 41.9 Å². The molecule has 1 amide bonds. The number of hydrogen-bond donors (Lipinski definition) is 2. The summed E-state index contributed by atoms with van der Waals surface area (Å²) >= 11 is 1.04. The van der Waals surface area contributed by atoms with Crippen LogP contribution in [0.4, 0.5) is 5.69 Å². The number of amides is 1. The number of aromatic nitrogens is 2. The standard InChI is InChI=1S/C30H28N4O5S3/c1-20(2)22-11-14-26(15-12-22)42(38,39)34-30(35)27(23-13-16-28-29(19-23)32-40-31-28)18-21-7-6-8-24(17-21)33-41(36,37)25-9-4-3-5-10-25/h3-17,19-20,27,33H,18H2,1-2H3,(H,34,35). The van der Waals surface area contributed by atoms with Crippen LogP contribution in [-0.4, -0.2) is 31.5 Å². The average molecular weight is 621 g/mol. The van der Waals surface area contributed by atoms with Crippen molar-refractivity contribution in [3.8, 4) is 0 Å². The van der Waals surface area contributed by atoms with Crippen molar-refractivity contribution in [1.29, 1.82) is 0 Å². The number of nitrogens with one attached hydrogen (secondary N) is 2. The van der Waals surface area contributed by atoms with Crippen molar-refractivity contribution in [3.63, 3.8) is 0 Å². The van der Waals surface area contributed by atoms with Crippen LogP contribution in [0.2, 0.25) is 0 Å². The topological polar surface area (TPSA) is 135 Å². The Kier molecular flexibility index (Phi) is 8.39. The van der Waals surface area contributed by atoms with E-state index in [-0.39, 0.29) is 22.1 Å². The molecule has 5 rings (SSSR count). The fourth-order valence-corrected chi connectivity index (χ4v) is 7.09. The van der Waals surface area contributed by atoms with E-state index in [1.807, 2.05) is 13.8 Å². The number of rotatable bonds is 10. The van der Waals surface area contributed by atoms with Crippen molar-refractivity contribution >= 4 is 54.4 Å². The molecule has 4 aromatic carbocycles. The Morgan fingerprint density at radius 2 is 1.40 bits per heavy atom. The highest BCUT2D eigenvalue weighted by Gasteiger charge is 2.27. The third-order valence-corrected chi connectivity index (χ3v) is 10.1. The van der Waals surface area contributed by atoms with Gasteiger partial charge in [-0.3, -0.25) is 9.52 Å². The van der Waals surface area contributed by atoms with Gasteiger partial charge in [-0.1, -0.05) is 62.4 Å². The number of carbonyl (C=O) groups is 1. The Morgan fingerprint density at radius 3 is 2.12 bits per heavy atom. The summed E-state index contributed by atoms with van der Waals surface area (Å²) in [6.45, 7) is 4.01. The van der Waals surface area contributed by atoms with Gasteiger partial charge < -0.3 is 0 Å². The Hall–Kier alpha value is -4.13. The summed E-state index contributed by atoms with van der Waals surface area (Å²) < 4.78 is 65.4. The van der Waals surface area contributed by atoms with Crippen molar-refractivity contribution in [1.82, 2.24) is 13.5 Å². The smallest absolute Gasteiger partial charge is 0.264 e. The van der Waals surface area contributed by atoms with Gasteiger partial charge in [-0.15, -0.1) is 0 Å². The Labute approximate surface area is 249 Å². The van der Waals surface area contributed by atoms with E-state index in [9.17, 15) is 21.6 Å². The number of fused-ring (bicyclic) bond motifs is 1. The maximum Gasteiger partial charge on any atom is 0.264 e. The van der Waals surface area contributed by atoms with Crippen molar-refractivity contribution < 1.29 is 21.6 Å². The van der Waals surface area contributed by atoms with E-state index in [0.717, 1.165) is 17.3 Å². The van der Waals surface area contributed by atoms with E-state index in [2.05, 4.69) is 18.2 Å². The van der Waals surface area contributed by atoms with Crippen LogP contribution in [-0.2, 0) is 31.3 Å². The number of nitrogens with zero attached hydrogens (tertiary/aromatic N) is 2. The average Bonchev–Trinajstić information content (AvgIpc) is 3.44. The molecule has 0 fully saturated rings. The predicted octanol–water partition coefficient (Wildman–Crippen LogP) is 5.45. The van der Waals surface area contributed by atoms with Crippen LogP contribution in [0.15, 0.2) is 107 Å². The fourth-order valence-electron chi connectivity index (χ4n) is 4.48. The van der Waals surface area contributed by atoms with Gasteiger partial charge in [0.1, 0.15) is 11.0 Å². The summed E-state index contributed by atoms with van der Waals surface area (Å²) in [6, 6.07) is 26.2. The highest BCUT2D eigenvalue weighted by Crippen LogP contribution is 2.27. The van der Waals surface area contributed by atoms with Gasteiger partial charge in [-0.2, -0.15) is 8.75 Å². The number of sulfonamides is 2. The largest absolute Gasteiger partial charge is 0.280 e. The van der Waals surface area contributed by atoms with Gasteiger partial charge >= 0.3 is 0 Å². The maximum atomic E-state index is 13.7. The van der Waals surface area contributed by atoms with Gasteiger partial charge in [-0.05, 0) is 77.6 Å². The first kappa shape index (κ1) is 29.4. The third kappa shape index (κ3) is 6.67. The maximum absolute atomic E-state index is 13.7. The molecule has 1 aromatic heterocycles. The first-order valence-corrected chi connectivity index (χ1v) is 16.8. The highest BCUT2D eigenvalue weighted by molar-refractivity contribution is 7.92. The molecule has 2 N–H and O–H groups in total. The predicted molar refractivity (Wildman–Crippen MR) is 163 cm³/mol. The van der Waals surface area contributed by atoms with E-state index < -0.39 is 31.9 Å². The zero-order chi connectivity index (χ0) is 29.9. The zero-order valence-corrected chi connectivity index (χ0v) is 25.2. The minimum atomic E-state index is -4.16. The molecule has 0 radical (unpaired) electrons. The SMILES string of the molecule is CC(C)c1ccc(S(=O)(=O)NC(=O)C(Cc2cccc(NS(=O)(=O)c3ccccc3)c2)c2ccc3nsnc3c2)cc1. The van der Waals surface area contributed by atoms with Gasteiger partial charge in [0.25, 0.3) is 20.0 Å². The molecule has 12 heteroatoms. The van der Waals surface area contributed by atoms with Crippen LogP contribution in [0.25, 0.3) is 11.0 Å². The minimum absolute atomic E-state index is 0.0181. The summed E-state index contributed by atoms with van der Waals surface area (Å²) in [4.78, 5) is 13.7. The van der Waals surface area contributed by atoms with Gasteiger partial charge in [0.2, 0.25) is 5.91 Å². The van der Waals surface area contributed by atoms with Gasteiger partial charge in [0.05, 0.1) is 27.4 Å². The molecule has 0 aliphatic carbocycles. The fraction of sp³-hybridized carbons (Fsp3) is 0.167. The Morgan fingerprint density at radius 1 is 0.738 bits per heavy atom. The van der Waals surface area contributed by atoms with Crippen LogP contribution in [0, 0.1) is 0 Å². The van der Waals surface area contributed by atoms with Crippen LogP contribution in [0.1, 0.15) is 42.4 Å². The van der Waals surface area contributed by atoms with Crippen LogP contribution < -0.4 is 9.44 Å². The normalized spacial score (nSPS) is 12.7. The molecule has 0 spiro atoms. The van der Waals surface area contributed by atoms with E-state index in [0.29, 0.717) is 27.8 Å². The minimum Gasteiger partial charge on any atom is -0.280 e. The summed E-state index contributed by atoms with van der Waals surface area (Å²) in [6.07, 6.45) is 0.0949. The molecule has 5 aromatic rings. The third-order valence-electron chi connectivity index (χ3n) is 6.76. The molecule has 42 heavy (non-hydrogen) atoms. The van der Waals surface area contributed by atoms with Crippen LogP contribution in [0.5, 0.6) is 0 Å². The Bertz CT molecular complexity index is 1940. The summed E-state index contributed by atoms with van der Waals surface area (Å²) in [5.74, 6) is -1.42. The van der Waals surface area contributed by atoms with E-state index in [1.165, 1.54) is 24.3 Å².